The molecule has 3 heterocycles. The summed E-state index contributed by atoms with van der Waals surface area (Å²) in [6.45, 7) is 7.51. The fourth-order valence-electron chi connectivity index (χ4n) is 3.05. The Morgan fingerprint density at radius 1 is 1.38 bits per heavy atom. The lowest BCUT2D eigenvalue weighted by Gasteiger charge is -2.27. The molecule has 7 nitrogen and oxygen atoms in total. The summed E-state index contributed by atoms with van der Waals surface area (Å²) in [7, 11) is 0. The molecule has 0 N–H and O–H groups in total. The van der Waals surface area contributed by atoms with Crippen LogP contribution in [0.4, 0.5) is 0 Å². The highest BCUT2D eigenvalue weighted by atomic mass is 16.5. The van der Waals surface area contributed by atoms with Crippen LogP contribution in [0.25, 0.3) is 0 Å². The molecule has 1 aliphatic heterocycles. The van der Waals surface area contributed by atoms with Gasteiger partial charge in [-0.3, -0.25) is 9.48 Å². The van der Waals surface area contributed by atoms with Gasteiger partial charge in [0.25, 0.3) is 5.91 Å². The summed E-state index contributed by atoms with van der Waals surface area (Å²) in [6, 6.07) is -0.124. The third-order valence-electron chi connectivity index (χ3n) is 4.47. The molecule has 1 atom stereocenters. The first-order valence-corrected chi connectivity index (χ1v) is 8.77. The van der Waals surface area contributed by atoms with E-state index in [1.807, 2.05) is 25.7 Å². The van der Waals surface area contributed by atoms with E-state index in [1.54, 1.807) is 17.1 Å². The standard InChI is InChI=1S/C17H25N5O2/c1-4-21-11-13(10-18-21)17(23)22-9-7-5-6-8-14(22)15-19-16(12(2)3)24-20-15/h10-12,14H,4-9H2,1-3H3. The summed E-state index contributed by atoms with van der Waals surface area (Å²) in [5.41, 5.74) is 0.622. The molecule has 1 fully saturated rings. The molecule has 24 heavy (non-hydrogen) atoms. The SMILES string of the molecule is CCn1cc(C(=O)N2CCCCCC2c2noc(C(C)C)n2)cn1. The Bertz CT molecular complexity index is 691. The van der Waals surface area contributed by atoms with Gasteiger partial charge in [0.1, 0.15) is 0 Å². The average Bonchev–Trinajstić information content (AvgIpc) is 3.19. The lowest BCUT2D eigenvalue weighted by atomic mass is 10.1. The molecule has 0 bridgehead atoms. The van der Waals surface area contributed by atoms with E-state index in [0.717, 1.165) is 32.2 Å². The van der Waals surface area contributed by atoms with Crippen molar-refractivity contribution in [3.05, 3.63) is 29.7 Å². The zero-order valence-electron chi connectivity index (χ0n) is 14.6. The number of aryl methyl sites for hydroxylation is 1. The Morgan fingerprint density at radius 2 is 2.21 bits per heavy atom. The molecule has 7 heteroatoms. The van der Waals surface area contributed by atoms with Crippen LogP contribution < -0.4 is 0 Å². The predicted octanol–water partition coefficient (Wildman–Crippen LogP) is 3.17. The largest absolute Gasteiger partial charge is 0.339 e. The minimum absolute atomic E-state index is 0.00232. The van der Waals surface area contributed by atoms with Gasteiger partial charge in [0.2, 0.25) is 5.89 Å². The van der Waals surface area contributed by atoms with Gasteiger partial charge >= 0.3 is 0 Å². The quantitative estimate of drug-likeness (QED) is 0.860. The van der Waals surface area contributed by atoms with Gasteiger partial charge in [0.05, 0.1) is 17.8 Å². The summed E-state index contributed by atoms with van der Waals surface area (Å²) < 4.78 is 7.13. The topological polar surface area (TPSA) is 77.0 Å². The molecule has 1 aliphatic rings. The smallest absolute Gasteiger partial charge is 0.257 e. The number of nitrogens with zero attached hydrogens (tertiary/aromatic N) is 5. The van der Waals surface area contributed by atoms with E-state index in [-0.39, 0.29) is 17.9 Å². The van der Waals surface area contributed by atoms with Crippen LogP contribution in [0.3, 0.4) is 0 Å². The van der Waals surface area contributed by atoms with Gasteiger partial charge < -0.3 is 9.42 Å². The number of rotatable bonds is 4. The van der Waals surface area contributed by atoms with Crippen molar-refractivity contribution >= 4 is 5.91 Å². The molecule has 0 aromatic carbocycles. The Kier molecular flexibility index (Phi) is 4.97. The molecule has 3 rings (SSSR count). The lowest BCUT2D eigenvalue weighted by Crippen LogP contribution is -2.35. The molecule has 1 saturated heterocycles. The molecule has 2 aromatic heterocycles. The van der Waals surface area contributed by atoms with Crippen LogP contribution in [0.5, 0.6) is 0 Å². The van der Waals surface area contributed by atoms with E-state index in [9.17, 15) is 4.79 Å². The highest BCUT2D eigenvalue weighted by molar-refractivity contribution is 5.94. The van der Waals surface area contributed by atoms with E-state index in [2.05, 4.69) is 15.2 Å². The van der Waals surface area contributed by atoms with Crippen molar-refractivity contribution in [1.82, 2.24) is 24.8 Å². The first-order valence-electron chi connectivity index (χ1n) is 8.77. The predicted molar refractivity (Wildman–Crippen MR) is 88.5 cm³/mol. The zero-order valence-corrected chi connectivity index (χ0v) is 14.6. The summed E-state index contributed by atoms with van der Waals surface area (Å²) in [4.78, 5) is 19.4. The third kappa shape index (κ3) is 3.34. The number of aromatic nitrogens is 4. The van der Waals surface area contributed by atoms with Crippen LogP contribution in [0.15, 0.2) is 16.9 Å². The van der Waals surface area contributed by atoms with Crippen LogP contribution in [-0.4, -0.2) is 37.3 Å². The fourth-order valence-corrected chi connectivity index (χ4v) is 3.05. The van der Waals surface area contributed by atoms with Crippen molar-refractivity contribution in [2.75, 3.05) is 6.54 Å². The Balaban J connectivity index is 1.87. The van der Waals surface area contributed by atoms with Crippen molar-refractivity contribution < 1.29 is 9.32 Å². The van der Waals surface area contributed by atoms with E-state index in [0.29, 0.717) is 23.8 Å². The molecule has 1 amide bonds. The minimum atomic E-state index is -0.124. The first-order chi connectivity index (χ1) is 11.6. The van der Waals surface area contributed by atoms with Gasteiger partial charge in [-0.15, -0.1) is 0 Å². The fraction of sp³-hybridized carbons (Fsp3) is 0.647. The highest BCUT2D eigenvalue weighted by Crippen LogP contribution is 2.30. The van der Waals surface area contributed by atoms with Crippen LogP contribution in [0.1, 0.15) is 80.5 Å². The van der Waals surface area contributed by atoms with E-state index >= 15 is 0 Å². The monoisotopic (exact) mass is 331 g/mol. The number of carbonyl (C=O) groups is 1. The van der Waals surface area contributed by atoms with Crippen molar-refractivity contribution in [3.63, 3.8) is 0 Å². The van der Waals surface area contributed by atoms with Gasteiger partial charge in [-0.1, -0.05) is 31.8 Å². The molecule has 0 aliphatic carbocycles. The summed E-state index contributed by atoms with van der Waals surface area (Å²) >= 11 is 0. The van der Waals surface area contributed by atoms with Gasteiger partial charge in [-0.25, -0.2) is 0 Å². The number of likely N-dealkylation sites (tertiary alicyclic amines) is 1. The summed E-state index contributed by atoms with van der Waals surface area (Å²) in [6.07, 6.45) is 7.49. The maximum absolute atomic E-state index is 13.0. The Labute approximate surface area is 142 Å². The van der Waals surface area contributed by atoms with E-state index in [1.165, 1.54) is 0 Å². The second-order valence-corrected chi connectivity index (χ2v) is 6.59. The molecule has 0 spiro atoms. The first kappa shape index (κ1) is 16.7. The van der Waals surface area contributed by atoms with Crippen LogP contribution in [-0.2, 0) is 6.54 Å². The van der Waals surface area contributed by atoms with Crippen molar-refractivity contribution in [2.45, 2.75) is 65.0 Å². The second-order valence-electron chi connectivity index (χ2n) is 6.59. The minimum Gasteiger partial charge on any atom is -0.339 e. The summed E-state index contributed by atoms with van der Waals surface area (Å²) in [5, 5.41) is 8.37. The maximum Gasteiger partial charge on any atom is 0.257 e. The molecular weight excluding hydrogens is 306 g/mol. The van der Waals surface area contributed by atoms with E-state index in [4.69, 9.17) is 4.52 Å². The van der Waals surface area contributed by atoms with Crippen LogP contribution >= 0.6 is 0 Å². The Hall–Kier alpha value is -2.18. The number of amides is 1. The molecule has 130 valence electrons. The van der Waals surface area contributed by atoms with Gasteiger partial charge in [0.15, 0.2) is 5.82 Å². The number of hydrogen-bond acceptors (Lipinski definition) is 5. The number of carbonyl (C=O) groups excluding carboxylic acids is 1. The molecule has 0 radical (unpaired) electrons. The lowest BCUT2D eigenvalue weighted by molar-refractivity contribution is 0.0670. The normalized spacial score (nSPS) is 18.8. The van der Waals surface area contributed by atoms with Crippen molar-refractivity contribution in [1.29, 1.82) is 0 Å². The van der Waals surface area contributed by atoms with Gasteiger partial charge in [0, 0.05) is 25.2 Å². The van der Waals surface area contributed by atoms with Gasteiger partial charge in [-0.2, -0.15) is 10.1 Å². The van der Waals surface area contributed by atoms with Crippen LogP contribution in [0, 0.1) is 0 Å². The third-order valence-corrected chi connectivity index (χ3v) is 4.47. The molecular formula is C17H25N5O2. The maximum atomic E-state index is 13.0. The van der Waals surface area contributed by atoms with Crippen molar-refractivity contribution in [3.8, 4) is 0 Å². The Morgan fingerprint density at radius 3 is 2.88 bits per heavy atom. The molecule has 1 unspecified atom stereocenters. The molecule has 2 aromatic rings. The van der Waals surface area contributed by atoms with Crippen molar-refractivity contribution in [2.24, 2.45) is 0 Å². The average molecular weight is 331 g/mol. The van der Waals surface area contributed by atoms with Crippen LogP contribution in [0.2, 0.25) is 0 Å². The molecule has 0 saturated carbocycles. The number of hydrogen-bond donors (Lipinski definition) is 0. The summed E-state index contributed by atoms with van der Waals surface area (Å²) in [5.74, 6) is 1.43. The van der Waals surface area contributed by atoms with Gasteiger partial charge in [-0.05, 0) is 19.8 Å². The van der Waals surface area contributed by atoms with E-state index < -0.39 is 0 Å². The zero-order chi connectivity index (χ0) is 17.1. The second kappa shape index (κ2) is 7.15. The highest BCUT2D eigenvalue weighted by Gasteiger charge is 2.31.